The highest BCUT2D eigenvalue weighted by atomic mass is 28.3. The Balaban J connectivity index is 1.93. The molecule has 0 bridgehead atoms. The molecule has 2 atom stereocenters. The number of hydrazine groups is 1. The summed E-state index contributed by atoms with van der Waals surface area (Å²) >= 11 is 0. The molecule has 1 aliphatic heterocycles. The largest absolute Gasteiger partial charge is 0.250 e. The molecule has 2 rings (SSSR count). The zero-order chi connectivity index (χ0) is 14.8. The van der Waals surface area contributed by atoms with Crippen molar-refractivity contribution in [2.75, 3.05) is 0 Å². The number of hydrogen-bond donors (Lipinski definition) is 1. The molecule has 3 heteroatoms. The quantitative estimate of drug-likeness (QED) is 0.854. The average molecular weight is 291 g/mol. The van der Waals surface area contributed by atoms with E-state index in [9.17, 15) is 0 Å². The van der Waals surface area contributed by atoms with E-state index in [0.29, 0.717) is 12.1 Å². The van der Waals surface area contributed by atoms with E-state index < -0.39 is 8.07 Å². The molecule has 0 radical (unpaired) electrons. The Morgan fingerprint density at radius 1 is 1.05 bits per heavy atom. The van der Waals surface area contributed by atoms with Crippen molar-refractivity contribution in [1.29, 1.82) is 0 Å². The van der Waals surface area contributed by atoms with Crippen molar-refractivity contribution in [3.8, 4) is 0 Å². The van der Waals surface area contributed by atoms with Crippen LogP contribution in [0.5, 0.6) is 0 Å². The van der Waals surface area contributed by atoms with Gasteiger partial charge in [0, 0.05) is 18.6 Å². The fourth-order valence-corrected chi connectivity index (χ4v) is 4.20. The van der Waals surface area contributed by atoms with E-state index in [1.807, 2.05) is 0 Å². The highest BCUT2D eigenvalue weighted by molar-refractivity contribution is 6.88. The number of nitrogens with zero attached hydrogens (tertiary/aromatic N) is 1. The van der Waals surface area contributed by atoms with Gasteiger partial charge in [-0.25, -0.2) is 5.01 Å². The molecular formula is C17H30N2Si. The Kier molecular flexibility index (Phi) is 5.05. The fourth-order valence-electron chi connectivity index (χ4n) is 3.04. The standard InChI is InChI=1S/C17H30N2Si/c1-14-7-6-8-15(2)19(14)18-13-16-9-11-17(12-10-16)20(3,4)5/h9-12,14-15,18H,6-8,13H2,1-5H3. The maximum absolute atomic E-state index is 3.64. The lowest BCUT2D eigenvalue weighted by atomic mass is 10.00. The van der Waals surface area contributed by atoms with E-state index in [-0.39, 0.29) is 0 Å². The third kappa shape index (κ3) is 3.93. The van der Waals surface area contributed by atoms with Crippen molar-refractivity contribution in [2.24, 2.45) is 0 Å². The summed E-state index contributed by atoms with van der Waals surface area (Å²) < 4.78 is 0. The van der Waals surface area contributed by atoms with Gasteiger partial charge in [-0.3, -0.25) is 5.43 Å². The van der Waals surface area contributed by atoms with Crippen LogP contribution in [0.4, 0.5) is 0 Å². The lowest BCUT2D eigenvalue weighted by Gasteiger charge is -2.39. The van der Waals surface area contributed by atoms with Crippen LogP contribution in [-0.4, -0.2) is 25.2 Å². The van der Waals surface area contributed by atoms with Gasteiger partial charge < -0.3 is 0 Å². The Hall–Kier alpha value is -0.643. The van der Waals surface area contributed by atoms with Gasteiger partial charge in [-0.1, -0.05) is 55.5 Å². The summed E-state index contributed by atoms with van der Waals surface area (Å²) in [6.45, 7) is 12.8. The van der Waals surface area contributed by atoms with Crippen LogP contribution in [0.1, 0.15) is 38.7 Å². The maximum Gasteiger partial charge on any atom is 0.0775 e. The minimum atomic E-state index is -1.16. The number of hydrogen-bond acceptors (Lipinski definition) is 2. The van der Waals surface area contributed by atoms with Crippen molar-refractivity contribution in [3.05, 3.63) is 29.8 Å². The summed E-state index contributed by atoms with van der Waals surface area (Å²) in [5.41, 5.74) is 5.03. The van der Waals surface area contributed by atoms with Crippen molar-refractivity contribution in [3.63, 3.8) is 0 Å². The first-order valence-corrected chi connectivity index (χ1v) is 11.5. The van der Waals surface area contributed by atoms with Crippen LogP contribution in [0.25, 0.3) is 0 Å². The molecule has 0 aromatic heterocycles. The molecule has 1 N–H and O–H groups in total. The fraction of sp³-hybridized carbons (Fsp3) is 0.647. The van der Waals surface area contributed by atoms with Crippen LogP contribution in [-0.2, 0) is 6.54 Å². The van der Waals surface area contributed by atoms with Crippen molar-refractivity contribution in [1.82, 2.24) is 10.4 Å². The lowest BCUT2D eigenvalue weighted by Crippen LogP contribution is -2.51. The number of benzene rings is 1. The number of nitrogens with one attached hydrogen (secondary N) is 1. The second-order valence-electron chi connectivity index (χ2n) is 7.32. The average Bonchev–Trinajstić information content (AvgIpc) is 2.37. The third-order valence-electron chi connectivity index (χ3n) is 4.48. The molecule has 2 nitrogen and oxygen atoms in total. The van der Waals surface area contributed by atoms with E-state index in [4.69, 9.17) is 0 Å². The Morgan fingerprint density at radius 3 is 2.10 bits per heavy atom. The van der Waals surface area contributed by atoms with Gasteiger partial charge in [0.2, 0.25) is 0 Å². The maximum atomic E-state index is 3.64. The molecule has 1 aromatic rings. The Labute approximate surface area is 125 Å². The molecule has 0 saturated carbocycles. The molecule has 1 heterocycles. The second kappa shape index (κ2) is 6.42. The Bertz CT molecular complexity index is 412. The zero-order valence-corrected chi connectivity index (χ0v) is 14.7. The third-order valence-corrected chi connectivity index (χ3v) is 6.54. The summed E-state index contributed by atoms with van der Waals surface area (Å²) in [4.78, 5) is 0. The van der Waals surface area contributed by atoms with Crippen LogP contribution in [0.15, 0.2) is 24.3 Å². The molecule has 112 valence electrons. The van der Waals surface area contributed by atoms with Crippen molar-refractivity contribution < 1.29 is 0 Å². The van der Waals surface area contributed by atoms with Gasteiger partial charge in [-0.15, -0.1) is 0 Å². The SMILES string of the molecule is CC1CCCC(C)N1NCc1ccc([Si](C)(C)C)cc1. The van der Waals surface area contributed by atoms with E-state index in [2.05, 4.69) is 68.2 Å². The van der Waals surface area contributed by atoms with Gasteiger partial charge in [-0.05, 0) is 32.3 Å². The highest BCUT2D eigenvalue weighted by Crippen LogP contribution is 2.20. The number of rotatable bonds is 4. The molecule has 0 spiro atoms. The summed E-state index contributed by atoms with van der Waals surface area (Å²) in [5, 5.41) is 4.00. The summed E-state index contributed by atoms with van der Waals surface area (Å²) in [7, 11) is -1.16. The predicted octanol–water partition coefficient (Wildman–Crippen LogP) is 3.50. The summed E-state index contributed by atoms with van der Waals surface area (Å²) in [6.07, 6.45) is 3.99. The van der Waals surface area contributed by atoms with E-state index in [0.717, 1.165) is 6.54 Å². The van der Waals surface area contributed by atoms with Crippen LogP contribution >= 0.6 is 0 Å². The highest BCUT2D eigenvalue weighted by Gasteiger charge is 2.24. The first kappa shape index (κ1) is 15.7. The topological polar surface area (TPSA) is 15.3 Å². The summed E-state index contributed by atoms with van der Waals surface area (Å²) in [5.74, 6) is 0. The normalized spacial score (nSPS) is 24.9. The van der Waals surface area contributed by atoms with Gasteiger partial charge in [0.15, 0.2) is 0 Å². The molecule has 1 aliphatic rings. The summed E-state index contributed by atoms with van der Waals surface area (Å²) in [6, 6.07) is 10.5. The second-order valence-corrected chi connectivity index (χ2v) is 12.4. The predicted molar refractivity (Wildman–Crippen MR) is 90.9 cm³/mol. The minimum absolute atomic E-state index is 0.653. The molecule has 1 saturated heterocycles. The Morgan fingerprint density at radius 2 is 1.60 bits per heavy atom. The first-order valence-electron chi connectivity index (χ1n) is 7.99. The van der Waals surface area contributed by atoms with E-state index >= 15 is 0 Å². The molecular weight excluding hydrogens is 260 g/mol. The smallest absolute Gasteiger partial charge is 0.0775 e. The van der Waals surface area contributed by atoms with Crippen LogP contribution in [0.2, 0.25) is 19.6 Å². The van der Waals surface area contributed by atoms with E-state index in [1.54, 1.807) is 5.19 Å². The van der Waals surface area contributed by atoms with Gasteiger partial charge in [0.05, 0.1) is 8.07 Å². The molecule has 0 aliphatic carbocycles. The van der Waals surface area contributed by atoms with Crippen molar-refractivity contribution in [2.45, 2.75) is 71.4 Å². The van der Waals surface area contributed by atoms with Crippen LogP contribution < -0.4 is 10.6 Å². The minimum Gasteiger partial charge on any atom is -0.250 e. The molecule has 0 amide bonds. The molecule has 1 aromatic carbocycles. The zero-order valence-electron chi connectivity index (χ0n) is 13.7. The van der Waals surface area contributed by atoms with Gasteiger partial charge >= 0.3 is 0 Å². The van der Waals surface area contributed by atoms with E-state index in [1.165, 1.54) is 24.8 Å². The van der Waals surface area contributed by atoms with Crippen LogP contribution in [0.3, 0.4) is 0 Å². The molecule has 2 unspecified atom stereocenters. The lowest BCUT2D eigenvalue weighted by molar-refractivity contribution is 0.0435. The molecule has 1 fully saturated rings. The molecule has 20 heavy (non-hydrogen) atoms. The van der Waals surface area contributed by atoms with Gasteiger partial charge in [-0.2, -0.15) is 0 Å². The van der Waals surface area contributed by atoms with Gasteiger partial charge in [0.25, 0.3) is 0 Å². The first-order chi connectivity index (χ1) is 9.38. The van der Waals surface area contributed by atoms with Crippen LogP contribution in [0, 0.1) is 0 Å². The number of piperidine rings is 1. The monoisotopic (exact) mass is 290 g/mol. The van der Waals surface area contributed by atoms with Crippen molar-refractivity contribution >= 4 is 13.3 Å². The van der Waals surface area contributed by atoms with Gasteiger partial charge in [0.1, 0.15) is 0 Å².